The summed E-state index contributed by atoms with van der Waals surface area (Å²) in [7, 11) is 0. The lowest BCUT2D eigenvalue weighted by Gasteiger charge is -2.21. The summed E-state index contributed by atoms with van der Waals surface area (Å²) in [6.45, 7) is 8.82. The molecule has 0 saturated heterocycles. The molecule has 0 aliphatic rings. The summed E-state index contributed by atoms with van der Waals surface area (Å²) < 4.78 is 0. The summed E-state index contributed by atoms with van der Waals surface area (Å²) in [5.41, 5.74) is 1.68. The molecular weight excluding hydrogens is 300 g/mol. The van der Waals surface area contributed by atoms with Crippen LogP contribution in [-0.4, -0.2) is 29.8 Å². The van der Waals surface area contributed by atoms with E-state index in [-0.39, 0.29) is 11.8 Å². The van der Waals surface area contributed by atoms with E-state index in [1.807, 2.05) is 13.0 Å². The second-order valence-electron chi connectivity index (χ2n) is 5.95. The maximum Gasteiger partial charge on any atom is 0.226 e. The van der Waals surface area contributed by atoms with E-state index in [1.165, 1.54) is 0 Å². The van der Waals surface area contributed by atoms with Crippen LogP contribution in [0.3, 0.4) is 0 Å². The highest BCUT2D eigenvalue weighted by Gasteiger charge is 2.12. The van der Waals surface area contributed by atoms with E-state index in [0.717, 1.165) is 17.7 Å². The third-order valence-corrected chi connectivity index (χ3v) is 3.73. The monoisotopic (exact) mass is 324 g/mol. The van der Waals surface area contributed by atoms with Gasteiger partial charge in [0.1, 0.15) is 0 Å². The smallest absolute Gasteiger partial charge is 0.226 e. The number of hydrogen-bond acceptors (Lipinski definition) is 2. The molecule has 0 unspecified atom stereocenters. The van der Waals surface area contributed by atoms with Crippen LogP contribution in [0.2, 0.25) is 5.02 Å². The highest BCUT2D eigenvalue weighted by molar-refractivity contribution is 6.30. The van der Waals surface area contributed by atoms with Gasteiger partial charge in [-0.1, -0.05) is 25.4 Å². The van der Waals surface area contributed by atoms with Gasteiger partial charge in [0, 0.05) is 37.1 Å². The van der Waals surface area contributed by atoms with Gasteiger partial charge in [-0.2, -0.15) is 0 Å². The van der Waals surface area contributed by atoms with Crippen LogP contribution < -0.4 is 5.32 Å². The molecule has 0 fully saturated rings. The molecule has 1 N–H and O–H groups in total. The molecule has 0 bridgehead atoms. The number of carbonyl (C=O) groups excluding carboxylic acids is 2. The fourth-order valence-electron chi connectivity index (χ4n) is 2.06. The molecule has 1 rings (SSSR count). The van der Waals surface area contributed by atoms with Crippen LogP contribution in [0.15, 0.2) is 18.2 Å². The number of anilines is 1. The number of carbonyl (C=O) groups is 2. The van der Waals surface area contributed by atoms with E-state index in [1.54, 1.807) is 24.0 Å². The van der Waals surface area contributed by atoms with Gasteiger partial charge in [-0.15, -0.1) is 0 Å². The van der Waals surface area contributed by atoms with E-state index in [2.05, 4.69) is 19.2 Å². The normalized spacial score (nSPS) is 10.6. The molecule has 0 saturated carbocycles. The van der Waals surface area contributed by atoms with Crippen LogP contribution in [0, 0.1) is 12.8 Å². The molecule has 122 valence electrons. The minimum atomic E-state index is -0.0961. The van der Waals surface area contributed by atoms with Crippen molar-refractivity contribution in [1.82, 2.24) is 4.90 Å². The van der Waals surface area contributed by atoms with Crippen LogP contribution in [0.4, 0.5) is 5.69 Å². The summed E-state index contributed by atoms with van der Waals surface area (Å²) in [5.74, 6) is 0.449. The van der Waals surface area contributed by atoms with Gasteiger partial charge in [0.15, 0.2) is 0 Å². The van der Waals surface area contributed by atoms with E-state index in [9.17, 15) is 9.59 Å². The Bertz CT molecular complexity index is 529. The average molecular weight is 325 g/mol. The van der Waals surface area contributed by atoms with E-state index >= 15 is 0 Å². The van der Waals surface area contributed by atoms with Gasteiger partial charge >= 0.3 is 0 Å². The molecular formula is C17H25ClN2O2. The molecule has 2 amide bonds. The standard InChI is InChI=1S/C17H25ClN2O2/c1-12(2)7-9-20(14(4)21)10-8-17(22)19-16-6-5-15(18)11-13(16)3/h5-6,11-12H,7-10H2,1-4H3,(H,19,22). The number of halogens is 1. The SMILES string of the molecule is CC(=O)N(CCC(=O)Nc1ccc(Cl)cc1C)CCC(C)C. The largest absolute Gasteiger partial charge is 0.342 e. The summed E-state index contributed by atoms with van der Waals surface area (Å²) in [5, 5.41) is 3.51. The average Bonchev–Trinajstić information content (AvgIpc) is 2.41. The van der Waals surface area contributed by atoms with Crippen molar-refractivity contribution in [3.05, 3.63) is 28.8 Å². The quantitative estimate of drug-likeness (QED) is 0.827. The Hall–Kier alpha value is -1.55. The second-order valence-corrected chi connectivity index (χ2v) is 6.38. The van der Waals surface area contributed by atoms with Crippen molar-refractivity contribution in [2.24, 2.45) is 5.92 Å². The minimum Gasteiger partial charge on any atom is -0.342 e. The molecule has 0 atom stereocenters. The Kier molecular flexibility index (Phi) is 7.39. The van der Waals surface area contributed by atoms with Crippen LogP contribution in [0.5, 0.6) is 0 Å². The third-order valence-electron chi connectivity index (χ3n) is 3.49. The maximum atomic E-state index is 12.0. The van der Waals surface area contributed by atoms with E-state index < -0.39 is 0 Å². The highest BCUT2D eigenvalue weighted by atomic mass is 35.5. The predicted molar refractivity (Wildman–Crippen MR) is 91.1 cm³/mol. The molecule has 1 aromatic carbocycles. The first-order valence-corrected chi connectivity index (χ1v) is 7.99. The molecule has 0 radical (unpaired) electrons. The third kappa shape index (κ3) is 6.48. The number of aryl methyl sites for hydroxylation is 1. The number of rotatable bonds is 7. The Morgan fingerprint density at radius 3 is 2.50 bits per heavy atom. The summed E-state index contributed by atoms with van der Waals surface area (Å²) in [6.07, 6.45) is 1.23. The fraction of sp³-hybridized carbons (Fsp3) is 0.529. The van der Waals surface area contributed by atoms with E-state index in [4.69, 9.17) is 11.6 Å². The lowest BCUT2D eigenvalue weighted by Crippen LogP contribution is -2.33. The molecule has 0 aliphatic heterocycles. The summed E-state index contributed by atoms with van der Waals surface area (Å²) in [6, 6.07) is 5.34. The molecule has 1 aromatic rings. The van der Waals surface area contributed by atoms with Crippen LogP contribution in [0.1, 0.15) is 39.2 Å². The summed E-state index contributed by atoms with van der Waals surface area (Å²) >= 11 is 5.89. The molecule has 22 heavy (non-hydrogen) atoms. The molecule has 5 heteroatoms. The van der Waals surface area contributed by atoms with Gasteiger partial charge in [0.2, 0.25) is 11.8 Å². The first-order chi connectivity index (χ1) is 10.3. The zero-order chi connectivity index (χ0) is 16.7. The fourth-order valence-corrected chi connectivity index (χ4v) is 2.28. The van der Waals surface area contributed by atoms with Crippen molar-refractivity contribution in [3.8, 4) is 0 Å². The Labute approximate surface area is 137 Å². The van der Waals surface area contributed by atoms with Crippen LogP contribution in [-0.2, 0) is 9.59 Å². The molecule has 0 aromatic heterocycles. The molecule has 0 aliphatic carbocycles. The zero-order valence-corrected chi connectivity index (χ0v) is 14.5. The van der Waals surface area contributed by atoms with Crippen molar-refractivity contribution in [2.45, 2.75) is 40.5 Å². The van der Waals surface area contributed by atoms with Crippen LogP contribution in [0.25, 0.3) is 0 Å². The molecule has 4 nitrogen and oxygen atoms in total. The number of nitrogens with one attached hydrogen (secondary N) is 1. The number of benzene rings is 1. The molecule has 0 heterocycles. The Balaban J connectivity index is 2.51. The lowest BCUT2D eigenvalue weighted by molar-refractivity contribution is -0.129. The maximum absolute atomic E-state index is 12.0. The van der Waals surface area contributed by atoms with Gasteiger partial charge in [-0.3, -0.25) is 9.59 Å². The zero-order valence-electron chi connectivity index (χ0n) is 13.8. The van der Waals surface area contributed by atoms with Gasteiger partial charge in [0.05, 0.1) is 0 Å². The number of nitrogens with zero attached hydrogens (tertiary/aromatic N) is 1. The summed E-state index contributed by atoms with van der Waals surface area (Å²) in [4.78, 5) is 25.4. The first kappa shape index (κ1) is 18.5. The van der Waals surface area contributed by atoms with Crippen molar-refractivity contribution >= 4 is 29.1 Å². The van der Waals surface area contributed by atoms with Crippen molar-refractivity contribution < 1.29 is 9.59 Å². The predicted octanol–water partition coefficient (Wildman–Crippen LogP) is 3.87. The van der Waals surface area contributed by atoms with Gasteiger partial charge in [0.25, 0.3) is 0 Å². The van der Waals surface area contributed by atoms with Crippen LogP contribution >= 0.6 is 11.6 Å². The number of amides is 2. The Morgan fingerprint density at radius 2 is 1.95 bits per heavy atom. The van der Waals surface area contributed by atoms with E-state index in [0.29, 0.717) is 30.5 Å². The number of hydrogen-bond donors (Lipinski definition) is 1. The van der Waals surface area contributed by atoms with Gasteiger partial charge in [-0.05, 0) is 43.0 Å². The Morgan fingerprint density at radius 1 is 1.27 bits per heavy atom. The molecule has 0 spiro atoms. The van der Waals surface area contributed by atoms with Crippen molar-refractivity contribution in [1.29, 1.82) is 0 Å². The van der Waals surface area contributed by atoms with Gasteiger partial charge < -0.3 is 10.2 Å². The van der Waals surface area contributed by atoms with Gasteiger partial charge in [-0.25, -0.2) is 0 Å². The topological polar surface area (TPSA) is 49.4 Å². The minimum absolute atomic E-state index is 0.0103. The van der Waals surface area contributed by atoms with Crippen molar-refractivity contribution in [3.63, 3.8) is 0 Å². The first-order valence-electron chi connectivity index (χ1n) is 7.61. The lowest BCUT2D eigenvalue weighted by atomic mass is 10.1. The second kappa shape index (κ2) is 8.79. The highest BCUT2D eigenvalue weighted by Crippen LogP contribution is 2.19. The van der Waals surface area contributed by atoms with Crippen molar-refractivity contribution in [2.75, 3.05) is 18.4 Å².